The minimum absolute atomic E-state index is 0.0136. The maximum absolute atomic E-state index is 12.2. The number of carboxylic acids is 1. The fourth-order valence-electron chi connectivity index (χ4n) is 2.46. The third-order valence-electron chi connectivity index (χ3n) is 3.86. The topological polar surface area (TPSA) is 83.9 Å². The molecule has 118 valence electrons. The summed E-state index contributed by atoms with van der Waals surface area (Å²) < 4.78 is 31.1. The first-order chi connectivity index (χ1) is 9.23. The molecule has 1 atom stereocenters. The van der Waals surface area contributed by atoms with Crippen molar-refractivity contribution in [3.8, 4) is 0 Å². The molecule has 0 spiro atoms. The Hall–Kier alpha value is -0.660. The molecule has 0 saturated carbocycles. The van der Waals surface area contributed by atoms with Gasteiger partial charge in [-0.05, 0) is 33.1 Å². The number of rotatable bonds is 7. The fourth-order valence-corrected chi connectivity index (χ4v) is 3.88. The normalized spacial score (nSPS) is 25.0. The van der Waals surface area contributed by atoms with Crippen molar-refractivity contribution in [3.63, 3.8) is 0 Å². The van der Waals surface area contributed by atoms with Gasteiger partial charge in [-0.25, -0.2) is 12.7 Å². The van der Waals surface area contributed by atoms with Gasteiger partial charge in [-0.1, -0.05) is 6.92 Å². The number of hydrogen-bond acceptors (Lipinski definition) is 4. The van der Waals surface area contributed by atoms with Crippen LogP contribution in [0.15, 0.2) is 0 Å². The summed E-state index contributed by atoms with van der Waals surface area (Å²) in [7, 11) is -3.45. The Kier molecular flexibility index (Phi) is 5.97. The number of hydrogen-bond donors (Lipinski definition) is 1. The molecule has 1 fully saturated rings. The van der Waals surface area contributed by atoms with Crippen molar-refractivity contribution in [3.05, 3.63) is 0 Å². The predicted octanol–water partition coefficient (Wildman–Crippen LogP) is 1.32. The lowest BCUT2D eigenvalue weighted by Gasteiger charge is -2.38. The van der Waals surface area contributed by atoms with Gasteiger partial charge in [0.25, 0.3) is 0 Å². The SMILES string of the molecule is CCC1(C(=O)O)CCCN(S(=O)(=O)CCOC(C)C)C1. The molecule has 0 aromatic carbocycles. The first-order valence-electron chi connectivity index (χ1n) is 7.06. The number of sulfonamides is 1. The zero-order valence-electron chi connectivity index (χ0n) is 12.5. The van der Waals surface area contributed by atoms with Gasteiger partial charge in [-0.15, -0.1) is 0 Å². The molecule has 1 aliphatic rings. The molecule has 0 amide bonds. The molecular weight excluding hydrogens is 282 g/mol. The molecule has 0 aliphatic carbocycles. The lowest BCUT2D eigenvalue weighted by Crippen LogP contribution is -2.50. The lowest BCUT2D eigenvalue weighted by molar-refractivity contribution is -0.151. The van der Waals surface area contributed by atoms with Gasteiger partial charge in [0.1, 0.15) is 0 Å². The first-order valence-corrected chi connectivity index (χ1v) is 8.67. The van der Waals surface area contributed by atoms with Crippen molar-refractivity contribution < 1.29 is 23.1 Å². The largest absolute Gasteiger partial charge is 0.481 e. The van der Waals surface area contributed by atoms with Crippen LogP contribution in [-0.2, 0) is 19.6 Å². The van der Waals surface area contributed by atoms with Gasteiger partial charge in [0, 0.05) is 13.1 Å². The highest BCUT2D eigenvalue weighted by Gasteiger charge is 2.43. The van der Waals surface area contributed by atoms with E-state index in [1.807, 2.05) is 13.8 Å². The monoisotopic (exact) mass is 307 g/mol. The van der Waals surface area contributed by atoms with Crippen molar-refractivity contribution in [2.45, 2.75) is 46.1 Å². The molecule has 1 N–H and O–H groups in total. The van der Waals surface area contributed by atoms with E-state index in [2.05, 4.69) is 0 Å². The molecular formula is C13H25NO5S. The number of carboxylic acid groups (broad SMARTS) is 1. The van der Waals surface area contributed by atoms with Gasteiger partial charge >= 0.3 is 5.97 Å². The van der Waals surface area contributed by atoms with Crippen LogP contribution >= 0.6 is 0 Å². The molecule has 1 unspecified atom stereocenters. The Balaban J connectivity index is 2.73. The smallest absolute Gasteiger partial charge is 0.310 e. The number of piperidine rings is 1. The number of nitrogens with zero attached hydrogens (tertiary/aromatic N) is 1. The van der Waals surface area contributed by atoms with Crippen LogP contribution < -0.4 is 0 Å². The van der Waals surface area contributed by atoms with E-state index < -0.39 is 21.4 Å². The molecule has 0 radical (unpaired) electrons. The summed E-state index contributed by atoms with van der Waals surface area (Å²) in [6, 6.07) is 0. The number of aliphatic carboxylic acids is 1. The van der Waals surface area contributed by atoms with Crippen molar-refractivity contribution in [2.24, 2.45) is 5.41 Å². The Morgan fingerprint density at radius 2 is 2.10 bits per heavy atom. The minimum Gasteiger partial charge on any atom is -0.481 e. The molecule has 1 rings (SSSR count). The van der Waals surface area contributed by atoms with Gasteiger partial charge in [-0.2, -0.15) is 0 Å². The molecule has 1 heterocycles. The quantitative estimate of drug-likeness (QED) is 0.767. The van der Waals surface area contributed by atoms with Crippen LogP contribution in [0.3, 0.4) is 0 Å². The second-order valence-corrected chi connectivity index (χ2v) is 7.70. The van der Waals surface area contributed by atoms with Crippen LogP contribution in [0.5, 0.6) is 0 Å². The molecule has 0 aromatic rings. The Morgan fingerprint density at radius 3 is 2.60 bits per heavy atom. The molecule has 0 aromatic heterocycles. The molecule has 6 nitrogen and oxygen atoms in total. The fraction of sp³-hybridized carbons (Fsp3) is 0.923. The van der Waals surface area contributed by atoms with Crippen molar-refractivity contribution in [1.82, 2.24) is 4.31 Å². The van der Waals surface area contributed by atoms with Crippen molar-refractivity contribution in [1.29, 1.82) is 0 Å². The standard InChI is InChI=1S/C13H25NO5S/c1-4-13(12(15)16)6-5-7-14(10-13)20(17,18)9-8-19-11(2)3/h11H,4-10H2,1-3H3,(H,15,16). The zero-order valence-corrected chi connectivity index (χ0v) is 13.3. The van der Waals surface area contributed by atoms with Crippen LogP contribution in [0.2, 0.25) is 0 Å². The minimum atomic E-state index is -3.45. The number of carbonyl (C=O) groups is 1. The van der Waals surface area contributed by atoms with Gasteiger partial charge in [0.05, 0.1) is 23.9 Å². The summed E-state index contributed by atoms with van der Waals surface area (Å²) in [5, 5.41) is 9.37. The summed E-state index contributed by atoms with van der Waals surface area (Å²) in [6.07, 6.45) is 1.55. The van der Waals surface area contributed by atoms with Crippen LogP contribution in [0.1, 0.15) is 40.0 Å². The second-order valence-electron chi connectivity index (χ2n) is 5.61. The van der Waals surface area contributed by atoms with E-state index in [9.17, 15) is 18.3 Å². The summed E-state index contributed by atoms with van der Waals surface area (Å²) in [6.45, 7) is 6.11. The van der Waals surface area contributed by atoms with Crippen LogP contribution in [0.4, 0.5) is 0 Å². The highest BCUT2D eigenvalue weighted by atomic mass is 32.2. The third kappa shape index (κ3) is 4.17. The van der Waals surface area contributed by atoms with Gasteiger partial charge < -0.3 is 9.84 Å². The Morgan fingerprint density at radius 1 is 1.45 bits per heavy atom. The van der Waals surface area contributed by atoms with E-state index in [1.165, 1.54) is 4.31 Å². The maximum Gasteiger partial charge on any atom is 0.310 e. The van der Waals surface area contributed by atoms with Crippen LogP contribution in [0.25, 0.3) is 0 Å². The summed E-state index contributed by atoms with van der Waals surface area (Å²) in [4.78, 5) is 11.4. The van der Waals surface area contributed by atoms with Crippen LogP contribution in [-0.4, -0.2) is 55.4 Å². The summed E-state index contributed by atoms with van der Waals surface area (Å²) in [5.74, 6) is -0.997. The Labute approximate surface area is 121 Å². The van der Waals surface area contributed by atoms with Gasteiger partial charge in [0.15, 0.2) is 0 Å². The number of ether oxygens (including phenoxy) is 1. The molecule has 20 heavy (non-hydrogen) atoms. The van der Waals surface area contributed by atoms with E-state index in [0.717, 1.165) is 0 Å². The third-order valence-corrected chi connectivity index (χ3v) is 5.64. The first kappa shape index (κ1) is 17.4. The van der Waals surface area contributed by atoms with Crippen molar-refractivity contribution in [2.75, 3.05) is 25.4 Å². The molecule has 1 aliphatic heterocycles. The Bertz CT molecular complexity index is 434. The van der Waals surface area contributed by atoms with E-state index in [4.69, 9.17) is 4.74 Å². The molecule has 0 bridgehead atoms. The summed E-state index contributed by atoms with van der Waals surface area (Å²) in [5.41, 5.74) is -0.940. The molecule has 7 heteroatoms. The average Bonchev–Trinajstić information content (AvgIpc) is 2.37. The van der Waals surface area contributed by atoms with Crippen molar-refractivity contribution >= 4 is 16.0 Å². The zero-order chi connectivity index (χ0) is 15.4. The maximum atomic E-state index is 12.2. The average molecular weight is 307 g/mol. The van der Waals surface area contributed by atoms with Gasteiger partial charge in [-0.3, -0.25) is 4.79 Å². The predicted molar refractivity (Wildman–Crippen MR) is 76.0 cm³/mol. The van der Waals surface area contributed by atoms with E-state index in [1.54, 1.807) is 6.92 Å². The highest BCUT2D eigenvalue weighted by molar-refractivity contribution is 7.89. The van der Waals surface area contributed by atoms with Crippen LogP contribution in [0, 0.1) is 5.41 Å². The summed E-state index contributed by atoms with van der Waals surface area (Å²) >= 11 is 0. The van der Waals surface area contributed by atoms with E-state index in [-0.39, 0.29) is 25.0 Å². The van der Waals surface area contributed by atoms with E-state index >= 15 is 0 Å². The highest BCUT2D eigenvalue weighted by Crippen LogP contribution is 2.34. The van der Waals surface area contributed by atoms with Gasteiger partial charge in [0.2, 0.25) is 10.0 Å². The molecule has 1 saturated heterocycles. The lowest BCUT2D eigenvalue weighted by atomic mass is 9.78. The van der Waals surface area contributed by atoms with E-state index in [0.29, 0.717) is 25.8 Å². The second kappa shape index (κ2) is 6.87.